The summed E-state index contributed by atoms with van der Waals surface area (Å²) in [5.41, 5.74) is -0.863. The van der Waals surface area contributed by atoms with E-state index in [0.29, 0.717) is 13.2 Å². The maximum Gasteiger partial charge on any atom is 0.323 e. The zero-order valence-electron chi connectivity index (χ0n) is 7.59. The van der Waals surface area contributed by atoms with Crippen molar-refractivity contribution >= 4 is 18.4 Å². The van der Waals surface area contributed by atoms with E-state index in [0.717, 1.165) is 0 Å². The fourth-order valence-electron chi connectivity index (χ4n) is 0.541. The standard InChI is InChI=1S/C7H15NO3.ClH/c1-7(2,6(9)10)8-4-5-11-3;/h8H,4-5H2,1-3H3,(H,9,10);1H. The first-order valence-electron chi connectivity index (χ1n) is 3.48. The number of carbonyl (C=O) groups is 1. The molecule has 0 amide bonds. The summed E-state index contributed by atoms with van der Waals surface area (Å²) in [5.74, 6) is -0.853. The summed E-state index contributed by atoms with van der Waals surface area (Å²) in [7, 11) is 1.58. The van der Waals surface area contributed by atoms with E-state index in [9.17, 15) is 4.79 Å². The highest BCUT2D eigenvalue weighted by Gasteiger charge is 2.25. The molecule has 0 aromatic rings. The molecule has 12 heavy (non-hydrogen) atoms. The monoisotopic (exact) mass is 197 g/mol. The lowest BCUT2D eigenvalue weighted by Crippen LogP contribution is -2.47. The van der Waals surface area contributed by atoms with Crippen molar-refractivity contribution in [3.8, 4) is 0 Å². The lowest BCUT2D eigenvalue weighted by Gasteiger charge is -2.20. The Morgan fingerprint density at radius 2 is 2.08 bits per heavy atom. The van der Waals surface area contributed by atoms with E-state index in [1.165, 1.54) is 0 Å². The molecule has 4 nitrogen and oxygen atoms in total. The second-order valence-corrected chi connectivity index (χ2v) is 2.85. The van der Waals surface area contributed by atoms with Crippen molar-refractivity contribution in [1.82, 2.24) is 5.32 Å². The zero-order chi connectivity index (χ0) is 8.91. The Morgan fingerprint density at radius 1 is 1.58 bits per heavy atom. The van der Waals surface area contributed by atoms with E-state index in [1.54, 1.807) is 21.0 Å². The van der Waals surface area contributed by atoms with Crippen LogP contribution in [0.25, 0.3) is 0 Å². The van der Waals surface area contributed by atoms with Crippen LogP contribution in [0.2, 0.25) is 0 Å². The molecule has 0 bridgehead atoms. The summed E-state index contributed by atoms with van der Waals surface area (Å²) in [4.78, 5) is 10.5. The highest BCUT2D eigenvalue weighted by Crippen LogP contribution is 1.99. The molecule has 0 unspecified atom stereocenters. The average molecular weight is 198 g/mol. The number of hydrogen-bond acceptors (Lipinski definition) is 3. The summed E-state index contributed by atoms with van der Waals surface area (Å²) >= 11 is 0. The minimum atomic E-state index is -0.863. The van der Waals surface area contributed by atoms with Gasteiger partial charge < -0.3 is 15.2 Å². The number of aliphatic carboxylic acids is 1. The van der Waals surface area contributed by atoms with Gasteiger partial charge in [-0.15, -0.1) is 12.4 Å². The molecule has 0 fully saturated rings. The molecule has 0 aliphatic rings. The molecule has 5 heteroatoms. The number of hydrogen-bond donors (Lipinski definition) is 2. The third kappa shape index (κ3) is 5.35. The molecule has 0 heterocycles. The molecule has 0 saturated carbocycles. The largest absolute Gasteiger partial charge is 0.480 e. The first kappa shape index (κ1) is 14.2. The van der Waals surface area contributed by atoms with Crippen LogP contribution in [0.3, 0.4) is 0 Å². The normalized spacial score (nSPS) is 10.6. The summed E-state index contributed by atoms with van der Waals surface area (Å²) in [6.07, 6.45) is 0. The average Bonchev–Trinajstić information content (AvgIpc) is 1.88. The molecule has 0 aromatic heterocycles. The Balaban J connectivity index is 0. The second kappa shape index (κ2) is 6.22. The van der Waals surface area contributed by atoms with E-state index in [-0.39, 0.29) is 12.4 Å². The van der Waals surface area contributed by atoms with E-state index >= 15 is 0 Å². The van der Waals surface area contributed by atoms with Gasteiger partial charge in [0.25, 0.3) is 0 Å². The van der Waals surface area contributed by atoms with Gasteiger partial charge in [-0.2, -0.15) is 0 Å². The molecular weight excluding hydrogens is 182 g/mol. The van der Waals surface area contributed by atoms with Crippen molar-refractivity contribution in [2.24, 2.45) is 0 Å². The number of nitrogens with one attached hydrogen (secondary N) is 1. The summed E-state index contributed by atoms with van der Waals surface area (Å²) in [6, 6.07) is 0. The molecule has 2 N–H and O–H groups in total. The molecule has 0 aliphatic carbocycles. The van der Waals surface area contributed by atoms with Gasteiger partial charge in [0.05, 0.1) is 6.61 Å². The van der Waals surface area contributed by atoms with Crippen molar-refractivity contribution in [2.75, 3.05) is 20.3 Å². The SMILES string of the molecule is COCCNC(C)(C)C(=O)O.Cl. The first-order chi connectivity index (χ1) is 5.00. The number of rotatable bonds is 5. The Labute approximate surface area is 78.7 Å². The molecule has 0 aliphatic heterocycles. The third-order valence-electron chi connectivity index (χ3n) is 1.41. The van der Waals surface area contributed by atoms with Gasteiger partial charge >= 0.3 is 5.97 Å². The maximum absolute atomic E-state index is 10.5. The van der Waals surface area contributed by atoms with Crippen LogP contribution in [-0.2, 0) is 9.53 Å². The maximum atomic E-state index is 10.5. The number of carboxylic acids is 1. The number of ether oxygens (including phenoxy) is 1. The van der Waals surface area contributed by atoms with Gasteiger partial charge in [0, 0.05) is 13.7 Å². The van der Waals surface area contributed by atoms with Crippen LogP contribution in [0.4, 0.5) is 0 Å². The smallest absolute Gasteiger partial charge is 0.323 e. The van der Waals surface area contributed by atoms with E-state index < -0.39 is 11.5 Å². The van der Waals surface area contributed by atoms with Gasteiger partial charge in [0.2, 0.25) is 0 Å². The summed E-state index contributed by atoms with van der Waals surface area (Å²) in [5, 5.41) is 11.5. The van der Waals surface area contributed by atoms with Gasteiger partial charge in [-0.05, 0) is 13.8 Å². The Hall–Kier alpha value is -0.320. The van der Waals surface area contributed by atoms with E-state index in [2.05, 4.69) is 5.32 Å². The second-order valence-electron chi connectivity index (χ2n) is 2.85. The van der Waals surface area contributed by atoms with Gasteiger partial charge in [0.15, 0.2) is 0 Å². The van der Waals surface area contributed by atoms with Crippen molar-refractivity contribution < 1.29 is 14.6 Å². The van der Waals surface area contributed by atoms with Gasteiger partial charge in [0.1, 0.15) is 5.54 Å². The zero-order valence-corrected chi connectivity index (χ0v) is 8.40. The van der Waals surface area contributed by atoms with Crippen molar-refractivity contribution in [3.63, 3.8) is 0 Å². The number of methoxy groups -OCH3 is 1. The molecule has 0 rings (SSSR count). The molecule has 0 saturated heterocycles. The topological polar surface area (TPSA) is 58.6 Å². The van der Waals surface area contributed by atoms with Gasteiger partial charge in [-0.1, -0.05) is 0 Å². The molecular formula is C7H16ClNO3. The van der Waals surface area contributed by atoms with Crippen LogP contribution < -0.4 is 5.32 Å². The highest BCUT2D eigenvalue weighted by molar-refractivity contribution is 5.85. The van der Waals surface area contributed by atoms with Crippen molar-refractivity contribution in [1.29, 1.82) is 0 Å². The Bertz CT molecular complexity index is 139. The Morgan fingerprint density at radius 3 is 2.42 bits per heavy atom. The molecule has 0 radical (unpaired) electrons. The molecule has 0 spiro atoms. The fourth-order valence-corrected chi connectivity index (χ4v) is 0.541. The predicted octanol–water partition coefficient (Wildman–Crippen LogP) is 0.507. The lowest BCUT2D eigenvalue weighted by molar-refractivity contribution is -0.143. The predicted molar refractivity (Wildman–Crippen MR) is 48.8 cm³/mol. The van der Waals surface area contributed by atoms with Crippen LogP contribution in [0, 0.1) is 0 Å². The number of halogens is 1. The van der Waals surface area contributed by atoms with Crippen LogP contribution in [0.15, 0.2) is 0 Å². The quantitative estimate of drug-likeness (QED) is 0.631. The summed E-state index contributed by atoms with van der Waals surface area (Å²) in [6.45, 7) is 4.31. The van der Waals surface area contributed by atoms with Crippen LogP contribution >= 0.6 is 12.4 Å². The van der Waals surface area contributed by atoms with E-state index in [4.69, 9.17) is 9.84 Å². The molecule has 0 aromatic carbocycles. The number of carboxylic acid groups (broad SMARTS) is 1. The molecule has 0 atom stereocenters. The molecule has 74 valence electrons. The minimum Gasteiger partial charge on any atom is -0.480 e. The van der Waals surface area contributed by atoms with Crippen molar-refractivity contribution in [2.45, 2.75) is 19.4 Å². The first-order valence-corrected chi connectivity index (χ1v) is 3.48. The van der Waals surface area contributed by atoms with Gasteiger partial charge in [-0.3, -0.25) is 4.79 Å². The van der Waals surface area contributed by atoms with Crippen LogP contribution in [-0.4, -0.2) is 36.9 Å². The third-order valence-corrected chi connectivity index (χ3v) is 1.41. The lowest BCUT2D eigenvalue weighted by atomic mass is 10.1. The highest BCUT2D eigenvalue weighted by atomic mass is 35.5. The van der Waals surface area contributed by atoms with Crippen molar-refractivity contribution in [3.05, 3.63) is 0 Å². The van der Waals surface area contributed by atoms with E-state index in [1.807, 2.05) is 0 Å². The fraction of sp³-hybridized carbons (Fsp3) is 0.857. The van der Waals surface area contributed by atoms with Crippen LogP contribution in [0.1, 0.15) is 13.8 Å². The van der Waals surface area contributed by atoms with Crippen LogP contribution in [0.5, 0.6) is 0 Å². The van der Waals surface area contributed by atoms with Gasteiger partial charge in [-0.25, -0.2) is 0 Å². The Kier molecular flexibility index (Phi) is 7.37. The minimum absolute atomic E-state index is 0. The summed E-state index contributed by atoms with van der Waals surface area (Å²) < 4.78 is 4.76.